The Balaban J connectivity index is 1.65. The smallest absolute Gasteiger partial charge is 0.255 e. The second-order valence-corrected chi connectivity index (χ2v) is 6.57. The topological polar surface area (TPSA) is 52.7 Å². The molecule has 0 aromatic heterocycles. The van der Waals surface area contributed by atoms with E-state index in [1.54, 1.807) is 48.5 Å². The molecule has 0 radical (unpaired) electrons. The van der Waals surface area contributed by atoms with Gasteiger partial charge in [0.05, 0.1) is 0 Å². The van der Waals surface area contributed by atoms with Crippen LogP contribution in [0.15, 0.2) is 48.5 Å². The van der Waals surface area contributed by atoms with Gasteiger partial charge in [0.25, 0.3) is 11.8 Å². The van der Waals surface area contributed by atoms with Crippen molar-refractivity contribution in [2.24, 2.45) is 0 Å². The number of nitrogens with one attached hydrogen (secondary N) is 1. The maximum Gasteiger partial charge on any atom is 0.255 e. The summed E-state index contributed by atoms with van der Waals surface area (Å²) < 4.78 is 0. The molecule has 0 bridgehead atoms. The molecule has 0 atom stereocenters. The maximum atomic E-state index is 12.5. The Labute approximate surface area is 152 Å². The lowest BCUT2D eigenvalue weighted by atomic mass is 10.1. The van der Waals surface area contributed by atoms with E-state index < -0.39 is 0 Å². The normalized spacial score (nSPS) is 15.0. The molecule has 25 heavy (non-hydrogen) atoms. The van der Waals surface area contributed by atoms with Gasteiger partial charge < -0.3 is 15.1 Å². The molecule has 6 heteroatoms. The third-order valence-corrected chi connectivity index (χ3v) is 4.50. The predicted molar refractivity (Wildman–Crippen MR) is 99.2 cm³/mol. The van der Waals surface area contributed by atoms with Crippen molar-refractivity contribution < 1.29 is 9.59 Å². The highest BCUT2D eigenvalue weighted by molar-refractivity contribution is 6.31. The molecule has 0 saturated carbocycles. The third-order valence-electron chi connectivity index (χ3n) is 4.27. The van der Waals surface area contributed by atoms with Gasteiger partial charge in [-0.05, 0) is 49.5 Å². The number of amides is 2. The number of carbonyl (C=O) groups excluding carboxylic acids is 2. The molecule has 0 spiro atoms. The van der Waals surface area contributed by atoms with Crippen LogP contribution in [0.2, 0.25) is 5.02 Å². The predicted octanol–water partition coefficient (Wildman–Crippen LogP) is 2.98. The number of piperazine rings is 1. The first-order valence-corrected chi connectivity index (χ1v) is 8.55. The first-order valence-electron chi connectivity index (χ1n) is 8.18. The summed E-state index contributed by atoms with van der Waals surface area (Å²) in [6, 6.07) is 13.7. The molecule has 0 unspecified atom stereocenters. The lowest BCUT2D eigenvalue weighted by molar-refractivity contribution is 0.0664. The average Bonchev–Trinajstić information content (AvgIpc) is 2.62. The van der Waals surface area contributed by atoms with Crippen molar-refractivity contribution in [3.63, 3.8) is 0 Å². The molecule has 0 aliphatic carbocycles. The van der Waals surface area contributed by atoms with Crippen molar-refractivity contribution in [2.45, 2.75) is 0 Å². The third kappa shape index (κ3) is 4.38. The zero-order valence-corrected chi connectivity index (χ0v) is 14.8. The van der Waals surface area contributed by atoms with Crippen LogP contribution < -0.4 is 5.32 Å². The molecule has 2 amide bonds. The molecular formula is C19H20ClN3O2. The van der Waals surface area contributed by atoms with Gasteiger partial charge in [0.1, 0.15) is 0 Å². The van der Waals surface area contributed by atoms with E-state index in [4.69, 9.17) is 11.6 Å². The highest BCUT2D eigenvalue weighted by Gasteiger charge is 2.20. The Morgan fingerprint density at radius 3 is 2.24 bits per heavy atom. The van der Waals surface area contributed by atoms with Crippen molar-refractivity contribution in [2.75, 3.05) is 38.5 Å². The molecule has 1 aliphatic heterocycles. The monoisotopic (exact) mass is 357 g/mol. The molecule has 5 nitrogen and oxygen atoms in total. The SMILES string of the molecule is CN1CCN(C(=O)c2ccc(C(=O)Nc3cccc(Cl)c3)cc2)CC1. The van der Waals surface area contributed by atoms with E-state index in [0.29, 0.717) is 21.8 Å². The van der Waals surface area contributed by atoms with Crippen molar-refractivity contribution in [1.29, 1.82) is 0 Å². The van der Waals surface area contributed by atoms with E-state index in [9.17, 15) is 9.59 Å². The fourth-order valence-electron chi connectivity index (χ4n) is 2.73. The van der Waals surface area contributed by atoms with Crippen LogP contribution in [0.25, 0.3) is 0 Å². The lowest BCUT2D eigenvalue weighted by Gasteiger charge is -2.32. The van der Waals surface area contributed by atoms with Crippen molar-refractivity contribution in [1.82, 2.24) is 9.80 Å². The van der Waals surface area contributed by atoms with Gasteiger partial charge in [-0.25, -0.2) is 0 Å². The maximum absolute atomic E-state index is 12.5. The van der Waals surface area contributed by atoms with Gasteiger partial charge in [0.15, 0.2) is 0 Å². The van der Waals surface area contributed by atoms with Gasteiger partial charge in [-0.1, -0.05) is 17.7 Å². The van der Waals surface area contributed by atoms with Gasteiger partial charge in [0, 0.05) is 48.0 Å². The number of hydrogen-bond donors (Lipinski definition) is 1. The summed E-state index contributed by atoms with van der Waals surface area (Å²) in [5, 5.41) is 3.35. The van der Waals surface area contributed by atoms with Crippen molar-refractivity contribution in [3.8, 4) is 0 Å². The van der Waals surface area contributed by atoms with Crippen molar-refractivity contribution in [3.05, 3.63) is 64.7 Å². The van der Waals surface area contributed by atoms with Crippen LogP contribution in [0.3, 0.4) is 0 Å². The van der Waals surface area contributed by atoms with Crippen LogP contribution in [-0.4, -0.2) is 54.8 Å². The minimum atomic E-state index is -0.235. The van der Waals surface area contributed by atoms with Gasteiger partial charge in [-0.3, -0.25) is 9.59 Å². The van der Waals surface area contributed by atoms with Gasteiger partial charge in [-0.2, -0.15) is 0 Å². The van der Waals surface area contributed by atoms with Crippen LogP contribution in [0, 0.1) is 0 Å². The van der Waals surface area contributed by atoms with Crippen LogP contribution in [0.1, 0.15) is 20.7 Å². The molecule has 1 aliphatic rings. The highest BCUT2D eigenvalue weighted by Crippen LogP contribution is 2.16. The van der Waals surface area contributed by atoms with Crippen LogP contribution >= 0.6 is 11.6 Å². The van der Waals surface area contributed by atoms with E-state index in [1.807, 2.05) is 4.90 Å². The number of halogens is 1. The molecule has 2 aromatic carbocycles. The number of hydrogen-bond acceptors (Lipinski definition) is 3. The van der Waals surface area contributed by atoms with E-state index in [-0.39, 0.29) is 11.8 Å². The van der Waals surface area contributed by atoms with Gasteiger partial charge in [-0.15, -0.1) is 0 Å². The molecule has 1 heterocycles. The average molecular weight is 358 g/mol. The van der Waals surface area contributed by atoms with Crippen LogP contribution in [0.4, 0.5) is 5.69 Å². The second kappa shape index (κ2) is 7.68. The number of nitrogens with zero attached hydrogens (tertiary/aromatic N) is 2. The first kappa shape index (κ1) is 17.5. The number of carbonyl (C=O) groups is 2. The molecular weight excluding hydrogens is 338 g/mol. The Kier molecular flexibility index (Phi) is 5.36. The summed E-state index contributed by atoms with van der Waals surface area (Å²) in [5.74, 6) is -0.226. The van der Waals surface area contributed by atoms with Crippen molar-refractivity contribution >= 4 is 29.1 Å². The summed E-state index contributed by atoms with van der Waals surface area (Å²) in [5.41, 5.74) is 1.73. The molecule has 3 rings (SSSR count). The quantitative estimate of drug-likeness (QED) is 0.918. The molecule has 1 saturated heterocycles. The fourth-order valence-corrected chi connectivity index (χ4v) is 2.92. The number of rotatable bonds is 3. The second-order valence-electron chi connectivity index (χ2n) is 6.14. The van der Waals surface area contributed by atoms with E-state index in [0.717, 1.165) is 26.2 Å². The summed E-state index contributed by atoms with van der Waals surface area (Å²) >= 11 is 5.92. The summed E-state index contributed by atoms with van der Waals surface area (Å²) in [6.45, 7) is 3.22. The Morgan fingerprint density at radius 2 is 1.60 bits per heavy atom. The summed E-state index contributed by atoms with van der Waals surface area (Å²) in [6.07, 6.45) is 0. The largest absolute Gasteiger partial charge is 0.336 e. The lowest BCUT2D eigenvalue weighted by Crippen LogP contribution is -2.47. The molecule has 130 valence electrons. The van der Waals surface area contributed by atoms with Gasteiger partial charge in [0.2, 0.25) is 0 Å². The highest BCUT2D eigenvalue weighted by atomic mass is 35.5. The minimum Gasteiger partial charge on any atom is -0.336 e. The zero-order valence-electron chi connectivity index (χ0n) is 14.0. The van der Waals surface area contributed by atoms with E-state index >= 15 is 0 Å². The Bertz CT molecular complexity index is 768. The zero-order chi connectivity index (χ0) is 17.8. The molecule has 1 fully saturated rings. The van der Waals surface area contributed by atoms with Crippen LogP contribution in [-0.2, 0) is 0 Å². The number of benzene rings is 2. The standard InChI is InChI=1S/C19H20ClN3O2/c1-22-9-11-23(12-10-22)19(25)15-7-5-14(6-8-15)18(24)21-17-4-2-3-16(20)13-17/h2-8,13H,9-12H2,1H3,(H,21,24). The summed E-state index contributed by atoms with van der Waals surface area (Å²) in [4.78, 5) is 28.8. The first-order chi connectivity index (χ1) is 12.0. The fraction of sp³-hybridized carbons (Fsp3) is 0.263. The minimum absolute atomic E-state index is 0.00917. The van der Waals surface area contributed by atoms with Gasteiger partial charge >= 0.3 is 0 Å². The van der Waals surface area contributed by atoms with E-state index in [1.165, 1.54) is 0 Å². The summed E-state index contributed by atoms with van der Waals surface area (Å²) in [7, 11) is 2.05. The molecule has 2 aromatic rings. The Hall–Kier alpha value is -2.37. The number of likely N-dealkylation sites (N-methyl/N-ethyl adjacent to an activating group) is 1. The Morgan fingerprint density at radius 1 is 0.960 bits per heavy atom. The molecule has 1 N–H and O–H groups in total. The van der Waals surface area contributed by atoms with Crippen LogP contribution in [0.5, 0.6) is 0 Å². The number of anilines is 1. The van der Waals surface area contributed by atoms with E-state index in [2.05, 4.69) is 17.3 Å².